The van der Waals surface area contributed by atoms with Gasteiger partial charge in [0.1, 0.15) is 5.82 Å². The van der Waals surface area contributed by atoms with E-state index in [9.17, 15) is 4.39 Å². The molecule has 2 aromatic rings. The molecule has 0 saturated carbocycles. The van der Waals surface area contributed by atoms with Crippen molar-refractivity contribution in [3.05, 3.63) is 41.9 Å². The van der Waals surface area contributed by atoms with Gasteiger partial charge in [-0.3, -0.25) is 4.90 Å². The Morgan fingerprint density at radius 1 is 1.05 bits per heavy atom. The van der Waals surface area contributed by atoms with Crippen LogP contribution in [0, 0.1) is 5.82 Å². The average molecular weight is 290 g/mol. The van der Waals surface area contributed by atoms with Crippen molar-refractivity contribution in [3.8, 4) is 0 Å². The van der Waals surface area contributed by atoms with Crippen LogP contribution >= 0.6 is 0 Å². The van der Waals surface area contributed by atoms with Crippen molar-refractivity contribution in [2.24, 2.45) is 0 Å². The number of piperazine rings is 1. The molecular weight excluding hydrogens is 271 g/mol. The van der Waals surface area contributed by atoms with Gasteiger partial charge in [0.05, 0.1) is 6.54 Å². The molecule has 0 unspecified atom stereocenters. The predicted octanol–water partition coefficient (Wildman–Crippen LogP) is 2.09. The van der Waals surface area contributed by atoms with E-state index in [2.05, 4.69) is 20.0 Å². The molecule has 0 spiro atoms. The maximum Gasteiger partial charge on any atom is 0.230 e. The summed E-state index contributed by atoms with van der Waals surface area (Å²) < 4.78 is 18.5. The Hall–Kier alpha value is -1.95. The van der Waals surface area contributed by atoms with Crippen LogP contribution in [-0.2, 0) is 13.0 Å². The van der Waals surface area contributed by atoms with Crippen LogP contribution in [0.25, 0.3) is 0 Å². The zero-order chi connectivity index (χ0) is 14.7. The zero-order valence-electron chi connectivity index (χ0n) is 12.1. The minimum atomic E-state index is -0.194. The molecule has 1 saturated heterocycles. The molecule has 0 amide bonds. The van der Waals surface area contributed by atoms with Crippen molar-refractivity contribution in [1.82, 2.24) is 15.1 Å². The second-order valence-corrected chi connectivity index (χ2v) is 5.18. The lowest BCUT2D eigenvalue weighted by Crippen LogP contribution is -2.46. The summed E-state index contributed by atoms with van der Waals surface area (Å²) in [6.07, 6.45) is 0.769. The van der Waals surface area contributed by atoms with E-state index in [0.29, 0.717) is 18.3 Å². The molecule has 3 rings (SSSR count). The Kier molecular flexibility index (Phi) is 4.15. The van der Waals surface area contributed by atoms with Crippen LogP contribution in [0.4, 0.5) is 10.1 Å². The molecule has 2 heterocycles. The smallest absolute Gasteiger partial charge is 0.230 e. The van der Waals surface area contributed by atoms with Gasteiger partial charge in [0.2, 0.25) is 11.8 Å². The van der Waals surface area contributed by atoms with E-state index < -0.39 is 0 Å². The van der Waals surface area contributed by atoms with Gasteiger partial charge in [-0.15, -0.1) is 10.2 Å². The third-order valence-electron chi connectivity index (χ3n) is 3.73. The summed E-state index contributed by atoms with van der Waals surface area (Å²) >= 11 is 0. The summed E-state index contributed by atoms with van der Waals surface area (Å²) in [5.74, 6) is 1.18. The highest BCUT2D eigenvalue weighted by Gasteiger charge is 2.19. The van der Waals surface area contributed by atoms with Gasteiger partial charge in [-0.2, -0.15) is 0 Å². The lowest BCUT2D eigenvalue weighted by molar-refractivity contribution is 0.224. The topological polar surface area (TPSA) is 45.4 Å². The molecule has 0 radical (unpaired) electrons. The third-order valence-corrected chi connectivity index (χ3v) is 3.73. The summed E-state index contributed by atoms with van der Waals surface area (Å²) in [4.78, 5) is 4.56. The molecule has 1 aromatic heterocycles. The van der Waals surface area contributed by atoms with Crippen LogP contribution in [0.2, 0.25) is 0 Å². The largest absolute Gasteiger partial charge is 0.424 e. The quantitative estimate of drug-likeness (QED) is 0.863. The first-order valence-electron chi connectivity index (χ1n) is 7.28. The molecule has 1 aliphatic heterocycles. The van der Waals surface area contributed by atoms with Gasteiger partial charge in [0.15, 0.2) is 0 Å². The van der Waals surface area contributed by atoms with Crippen molar-refractivity contribution >= 4 is 5.69 Å². The molecule has 112 valence electrons. The summed E-state index contributed by atoms with van der Waals surface area (Å²) in [5, 5.41) is 8.04. The fourth-order valence-corrected chi connectivity index (χ4v) is 2.50. The molecule has 1 fully saturated rings. The molecule has 21 heavy (non-hydrogen) atoms. The van der Waals surface area contributed by atoms with Crippen molar-refractivity contribution in [2.75, 3.05) is 31.1 Å². The normalized spacial score (nSPS) is 16.4. The Labute approximate surface area is 123 Å². The molecule has 1 aliphatic rings. The minimum Gasteiger partial charge on any atom is -0.424 e. The fraction of sp³-hybridized carbons (Fsp3) is 0.467. The number of aromatic nitrogens is 2. The molecule has 1 aromatic carbocycles. The highest BCUT2D eigenvalue weighted by atomic mass is 19.1. The van der Waals surface area contributed by atoms with Crippen LogP contribution in [0.3, 0.4) is 0 Å². The van der Waals surface area contributed by atoms with E-state index in [1.807, 2.05) is 19.1 Å². The maximum atomic E-state index is 12.9. The number of benzene rings is 1. The molecular formula is C15H19FN4O. The maximum absolute atomic E-state index is 12.9. The lowest BCUT2D eigenvalue weighted by Gasteiger charge is -2.35. The first-order valence-corrected chi connectivity index (χ1v) is 7.28. The van der Waals surface area contributed by atoms with Crippen molar-refractivity contribution in [1.29, 1.82) is 0 Å². The number of nitrogens with zero attached hydrogens (tertiary/aromatic N) is 4. The Morgan fingerprint density at radius 2 is 1.71 bits per heavy atom. The van der Waals surface area contributed by atoms with Gasteiger partial charge in [-0.1, -0.05) is 6.92 Å². The number of hydrogen-bond donors (Lipinski definition) is 0. The first kappa shape index (κ1) is 14.0. The van der Waals surface area contributed by atoms with E-state index in [4.69, 9.17) is 4.42 Å². The highest BCUT2D eigenvalue weighted by molar-refractivity contribution is 5.46. The summed E-state index contributed by atoms with van der Waals surface area (Å²) in [6.45, 7) is 6.40. The average Bonchev–Trinajstić information content (AvgIpc) is 2.97. The zero-order valence-corrected chi connectivity index (χ0v) is 12.1. The second kappa shape index (κ2) is 6.22. The van der Waals surface area contributed by atoms with Crippen molar-refractivity contribution in [3.63, 3.8) is 0 Å². The number of rotatable bonds is 4. The van der Waals surface area contributed by atoms with Gasteiger partial charge in [0, 0.05) is 38.3 Å². The van der Waals surface area contributed by atoms with Crippen LogP contribution in [0.1, 0.15) is 18.7 Å². The molecule has 0 aliphatic carbocycles. The number of anilines is 1. The fourth-order valence-electron chi connectivity index (χ4n) is 2.50. The van der Waals surface area contributed by atoms with Gasteiger partial charge in [-0.25, -0.2) is 4.39 Å². The molecule has 0 N–H and O–H groups in total. The van der Waals surface area contributed by atoms with E-state index in [1.54, 1.807) is 0 Å². The molecule has 0 atom stereocenters. The van der Waals surface area contributed by atoms with Crippen LogP contribution in [0.5, 0.6) is 0 Å². The Balaban J connectivity index is 1.54. The summed E-state index contributed by atoms with van der Waals surface area (Å²) in [5.41, 5.74) is 1.07. The highest BCUT2D eigenvalue weighted by Crippen LogP contribution is 2.17. The lowest BCUT2D eigenvalue weighted by atomic mass is 10.2. The molecule has 6 heteroatoms. The van der Waals surface area contributed by atoms with Crippen LogP contribution in [0.15, 0.2) is 28.7 Å². The van der Waals surface area contributed by atoms with Gasteiger partial charge in [0.25, 0.3) is 0 Å². The van der Waals surface area contributed by atoms with E-state index in [1.165, 1.54) is 12.1 Å². The van der Waals surface area contributed by atoms with E-state index in [0.717, 1.165) is 38.3 Å². The van der Waals surface area contributed by atoms with Gasteiger partial charge >= 0.3 is 0 Å². The summed E-state index contributed by atoms with van der Waals surface area (Å²) in [6, 6.07) is 6.67. The monoisotopic (exact) mass is 290 g/mol. The van der Waals surface area contributed by atoms with Crippen molar-refractivity contribution < 1.29 is 8.81 Å². The Morgan fingerprint density at radius 3 is 2.33 bits per heavy atom. The van der Waals surface area contributed by atoms with Gasteiger partial charge in [-0.05, 0) is 24.3 Å². The number of hydrogen-bond acceptors (Lipinski definition) is 5. The summed E-state index contributed by atoms with van der Waals surface area (Å²) in [7, 11) is 0. The molecule has 5 nitrogen and oxygen atoms in total. The minimum absolute atomic E-state index is 0.194. The van der Waals surface area contributed by atoms with Gasteiger partial charge < -0.3 is 9.32 Å². The molecule has 0 bridgehead atoms. The van der Waals surface area contributed by atoms with Crippen LogP contribution in [-0.4, -0.2) is 41.3 Å². The SMILES string of the molecule is CCc1nnc(CN2CCN(c3ccc(F)cc3)CC2)o1. The number of halogens is 1. The van der Waals surface area contributed by atoms with Crippen LogP contribution < -0.4 is 4.90 Å². The first-order chi connectivity index (χ1) is 10.2. The van der Waals surface area contributed by atoms with E-state index >= 15 is 0 Å². The van der Waals surface area contributed by atoms with E-state index in [-0.39, 0.29) is 5.82 Å². The third kappa shape index (κ3) is 3.39. The second-order valence-electron chi connectivity index (χ2n) is 5.18. The number of aryl methyl sites for hydroxylation is 1. The predicted molar refractivity (Wildman–Crippen MR) is 77.6 cm³/mol. The Bertz CT molecular complexity index is 576. The standard InChI is InChI=1S/C15H19FN4O/c1-2-14-17-18-15(21-14)11-19-7-9-20(10-8-19)13-5-3-12(16)4-6-13/h3-6H,2,7-11H2,1H3. The van der Waals surface area contributed by atoms with Crippen molar-refractivity contribution in [2.45, 2.75) is 19.9 Å².